The Morgan fingerprint density at radius 2 is 1.94 bits per heavy atom. The van der Waals surface area contributed by atoms with E-state index in [4.69, 9.17) is 31.3 Å². The molecule has 1 fully saturated rings. The molecule has 0 radical (unpaired) electrons. The summed E-state index contributed by atoms with van der Waals surface area (Å²) in [5.41, 5.74) is 1.71. The van der Waals surface area contributed by atoms with E-state index in [-0.39, 0.29) is 12.4 Å². The van der Waals surface area contributed by atoms with Crippen molar-refractivity contribution in [1.29, 1.82) is 0 Å². The zero-order valence-electron chi connectivity index (χ0n) is 17.1. The first-order chi connectivity index (χ1) is 14.6. The zero-order valence-corrected chi connectivity index (χ0v) is 17.8. The van der Waals surface area contributed by atoms with Gasteiger partial charge in [-0.1, -0.05) is 37.8 Å². The van der Waals surface area contributed by atoms with E-state index in [0.717, 1.165) is 31.0 Å². The molecule has 1 saturated carbocycles. The standard InChI is InChI=1S/C19H24ClFN2O.C2HF3O2/c1-2-5-17-11-19(23(22-17)12-14-6-3-4-7-14)24-13-15-10-16(21)8-9-18(15)20;3-2(4,5)1(6)7/h8-11,14H,2-7,12-13H2,1H3;(H,6,7). The Labute approximate surface area is 183 Å². The van der Waals surface area contributed by atoms with Crippen molar-refractivity contribution < 1.29 is 32.2 Å². The quantitative estimate of drug-likeness (QED) is 0.508. The van der Waals surface area contributed by atoms with Crippen LogP contribution >= 0.6 is 11.6 Å². The number of carboxylic acids is 1. The Bertz CT molecular complexity index is 865. The van der Waals surface area contributed by atoms with E-state index in [0.29, 0.717) is 16.5 Å². The fourth-order valence-corrected chi connectivity index (χ4v) is 3.49. The number of aryl methyl sites for hydroxylation is 1. The number of aliphatic carboxylic acids is 1. The van der Waals surface area contributed by atoms with Crippen LogP contribution in [0.1, 0.15) is 50.3 Å². The van der Waals surface area contributed by atoms with Gasteiger partial charge < -0.3 is 9.84 Å². The lowest BCUT2D eigenvalue weighted by Gasteiger charge is -2.13. The van der Waals surface area contributed by atoms with Gasteiger partial charge >= 0.3 is 12.1 Å². The van der Waals surface area contributed by atoms with Crippen molar-refractivity contribution in [2.45, 2.75) is 64.8 Å². The van der Waals surface area contributed by atoms with Crippen molar-refractivity contribution in [3.63, 3.8) is 0 Å². The molecule has 0 unspecified atom stereocenters. The van der Waals surface area contributed by atoms with Crippen molar-refractivity contribution in [1.82, 2.24) is 9.78 Å². The zero-order chi connectivity index (χ0) is 23.0. The normalized spacial score (nSPS) is 14.3. The lowest BCUT2D eigenvalue weighted by molar-refractivity contribution is -0.192. The van der Waals surface area contributed by atoms with E-state index in [1.807, 2.05) is 10.7 Å². The molecule has 172 valence electrons. The van der Waals surface area contributed by atoms with Gasteiger partial charge in [-0.15, -0.1) is 0 Å². The van der Waals surface area contributed by atoms with E-state index in [1.165, 1.54) is 37.8 Å². The summed E-state index contributed by atoms with van der Waals surface area (Å²) in [4.78, 5) is 8.90. The second-order valence-corrected chi connectivity index (χ2v) is 7.79. The maximum absolute atomic E-state index is 13.4. The second-order valence-electron chi connectivity index (χ2n) is 7.38. The van der Waals surface area contributed by atoms with Crippen molar-refractivity contribution in [2.75, 3.05) is 0 Å². The minimum atomic E-state index is -5.08. The number of nitrogens with zero attached hydrogens (tertiary/aromatic N) is 2. The summed E-state index contributed by atoms with van der Waals surface area (Å²) in [6.07, 6.45) is 2.05. The minimum absolute atomic E-state index is 0.249. The Hall–Kier alpha value is -2.29. The molecule has 2 aromatic rings. The van der Waals surface area contributed by atoms with Crippen LogP contribution in [0.4, 0.5) is 17.6 Å². The maximum atomic E-state index is 13.4. The van der Waals surface area contributed by atoms with Crippen LogP contribution in [0.3, 0.4) is 0 Å². The van der Waals surface area contributed by atoms with Crippen LogP contribution in [0.2, 0.25) is 5.02 Å². The predicted octanol–water partition coefficient (Wildman–Crippen LogP) is 6.03. The van der Waals surface area contributed by atoms with Crippen molar-refractivity contribution in [3.05, 3.63) is 46.4 Å². The predicted molar refractivity (Wildman–Crippen MR) is 108 cm³/mol. The summed E-state index contributed by atoms with van der Waals surface area (Å²) >= 11 is 6.13. The van der Waals surface area contributed by atoms with E-state index < -0.39 is 12.1 Å². The van der Waals surface area contributed by atoms with Crippen LogP contribution in [-0.4, -0.2) is 27.0 Å². The smallest absolute Gasteiger partial charge is 0.475 e. The molecule has 31 heavy (non-hydrogen) atoms. The van der Waals surface area contributed by atoms with E-state index >= 15 is 0 Å². The summed E-state index contributed by atoms with van der Waals surface area (Å²) in [6, 6.07) is 6.35. The maximum Gasteiger partial charge on any atom is 0.490 e. The van der Waals surface area contributed by atoms with Gasteiger partial charge in [0.15, 0.2) is 0 Å². The molecular formula is C21H25ClF4N2O3. The number of aromatic nitrogens is 2. The van der Waals surface area contributed by atoms with Crippen LogP contribution in [0.5, 0.6) is 5.88 Å². The van der Waals surface area contributed by atoms with Gasteiger partial charge in [-0.25, -0.2) is 13.9 Å². The molecular weight excluding hydrogens is 440 g/mol. The molecule has 5 nitrogen and oxygen atoms in total. The average Bonchev–Trinajstić information content (AvgIpc) is 3.33. The number of carbonyl (C=O) groups is 1. The van der Waals surface area contributed by atoms with Gasteiger partial charge in [0.2, 0.25) is 5.88 Å². The molecule has 0 atom stereocenters. The number of hydrogen-bond donors (Lipinski definition) is 1. The highest BCUT2D eigenvalue weighted by molar-refractivity contribution is 6.31. The second kappa shape index (κ2) is 11.4. The van der Waals surface area contributed by atoms with E-state index in [9.17, 15) is 17.6 Å². The molecule has 0 aliphatic heterocycles. The molecule has 0 spiro atoms. The Balaban J connectivity index is 0.000000423. The fourth-order valence-electron chi connectivity index (χ4n) is 3.32. The first-order valence-corrected chi connectivity index (χ1v) is 10.4. The highest BCUT2D eigenvalue weighted by Gasteiger charge is 2.38. The molecule has 0 bridgehead atoms. The lowest BCUT2D eigenvalue weighted by Crippen LogP contribution is -2.21. The molecule has 1 aromatic carbocycles. The van der Waals surface area contributed by atoms with Crippen LogP contribution < -0.4 is 4.74 Å². The molecule has 1 heterocycles. The lowest BCUT2D eigenvalue weighted by atomic mass is 10.1. The Kier molecular flexibility index (Phi) is 9.15. The van der Waals surface area contributed by atoms with Crippen molar-refractivity contribution in [3.8, 4) is 5.88 Å². The van der Waals surface area contributed by atoms with Gasteiger partial charge in [-0.3, -0.25) is 0 Å². The molecule has 1 N–H and O–H groups in total. The molecule has 3 rings (SSSR count). The largest absolute Gasteiger partial charge is 0.490 e. The summed E-state index contributed by atoms with van der Waals surface area (Å²) in [5.74, 6) is -1.62. The van der Waals surface area contributed by atoms with Gasteiger partial charge in [0.25, 0.3) is 0 Å². The SMILES string of the molecule is CCCc1cc(OCc2cc(F)ccc2Cl)n(CC2CCCC2)n1.O=C(O)C(F)(F)F. The van der Waals surface area contributed by atoms with E-state index in [2.05, 4.69) is 6.92 Å². The third kappa shape index (κ3) is 8.05. The Morgan fingerprint density at radius 3 is 2.52 bits per heavy atom. The third-order valence-electron chi connectivity index (χ3n) is 4.83. The Morgan fingerprint density at radius 1 is 1.29 bits per heavy atom. The highest BCUT2D eigenvalue weighted by Crippen LogP contribution is 2.28. The molecule has 1 aromatic heterocycles. The van der Waals surface area contributed by atoms with Gasteiger partial charge in [0.05, 0.1) is 5.69 Å². The summed E-state index contributed by atoms with van der Waals surface area (Å²) in [6.45, 7) is 3.29. The minimum Gasteiger partial charge on any atom is -0.475 e. The average molecular weight is 465 g/mol. The number of rotatable bonds is 7. The number of halogens is 5. The van der Waals surface area contributed by atoms with Crippen molar-refractivity contribution >= 4 is 17.6 Å². The monoisotopic (exact) mass is 464 g/mol. The molecule has 1 aliphatic carbocycles. The molecule has 0 saturated heterocycles. The number of alkyl halides is 3. The highest BCUT2D eigenvalue weighted by atomic mass is 35.5. The van der Waals surface area contributed by atoms with Crippen molar-refractivity contribution in [2.24, 2.45) is 5.92 Å². The van der Waals surface area contributed by atoms with Crippen LogP contribution in [0.25, 0.3) is 0 Å². The van der Waals surface area contributed by atoms with Gasteiger partial charge in [-0.2, -0.15) is 18.3 Å². The number of carboxylic acid groups (broad SMARTS) is 1. The molecule has 10 heteroatoms. The first kappa shape index (κ1) is 25.0. The number of ether oxygens (including phenoxy) is 1. The van der Waals surface area contributed by atoms with E-state index in [1.54, 1.807) is 6.07 Å². The summed E-state index contributed by atoms with van der Waals surface area (Å²) in [5, 5.41) is 12.3. The molecule has 1 aliphatic rings. The van der Waals surface area contributed by atoms with Crippen LogP contribution in [-0.2, 0) is 24.4 Å². The summed E-state index contributed by atoms with van der Waals surface area (Å²) in [7, 11) is 0. The van der Waals surface area contributed by atoms with Crippen LogP contribution in [0, 0.1) is 11.7 Å². The molecule has 0 amide bonds. The first-order valence-electron chi connectivity index (χ1n) is 10.0. The fraction of sp³-hybridized carbons (Fsp3) is 0.524. The van der Waals surface area contributed by atoms with Gasteiger partial charge in [-0.05, 0) is 43.4 Å². The number of hydrogen-bond acceptors (Lipinski definition) is 3. The summed E-state index contributed by atoms with van der Waals surface area (Å²) < 4.78 is 53.1. The third-order valence-corrected chi connectivity index (χ3v) is 5.20. The number of benzene rings is 1. The van der Waals surface area contributed by atoms with Gasteiger partial charge in [0.1, 0.15) is 12.4 Å². The van der Waals surface area contributed by atoms with Crippen LogP contribution in [0.15, 0.2) is 24.3 Å². The topological polar surface area (TPSA) is 64.4 Å². The van der Waals surface area contributed by atoms with Gasteiger partial charge in [0, 0.05) is 23.2 Å².